The van der Waals surface area contributed by atoms with Gasteiger partial charge >= 0.3 is 0 Å². The predicted molar refractivity (Wildman–Crippen MR) is 93.8 cm³/mol. The standard InChI is InChI=1S/C17H25N5O4/c1-9(2)12-5-13-16(25)21(20-15(10(3)23)22(13)19-12)8-14(24)18-11-6-17(4,26)7-11/h5,9-11,23,26H,6-8H2,1-4H3,(H,18,24). The highest BCUT2D eigenvalue weighted by molar-refractivity contribution is 5.76. The zero-order chi connectivity index (χ0) is 19.2. The first-order valence-corrected chi connectivity index (χ1v) is 8.78. The summed E-state index contributed by atoms with van der Waals surface area (Å²) in [7, 11) is 0. The van der Waals surface area contributed by atoms with E-state index in [9.17, 15) is 19.8 Å². The van der Waals surface area contributed by atoms with Gasteiger partial charge < -0.3 is 15.5 Å². The van der Waals surface area contributed by atoms with Gasteiger partial charge in [-0.25, -0.2) is 9.20 Å². The first kappa shape index (κ1) is 18.5. The fourth-order valence-electron chi connectivity index (χ4n) is 3.23. The number of nitrogens with zero attached hydrogens (tertiary/aromatic N) is 4. The van der Waals surface area contributed by atoms with Crippen LogP contribution in [0.15, 0.2) is 10.9 Å². The van der Waals surface area contributed by atoms with Gasteiger partial charge in [-0.3, -0.25) is 9.59 Å². The summed E-state index contributed by atoms with van der Waals surface area (Å²) in [5.41, 5.74) is -0.191. The molecule has 3 N–H and O–H groups in total. The Labute approximate surface area is 150 Å². The van der Waals surface area contributed by atoms with Crippen LogP contribution in [-0.2, 0) is 11.3 Å². The van der Waals surface area contributed by atoms with E-state index < -0.39 is 17.3 Å². The van der Waals surface area contributed by atoms with Crippen LogP contribution in [0.3, 0.4) is 0 Å². The number of carbonyl (C=O) groups is 1. The molecule has 1 fully saturated rings. The topological polar surface area (TPSA) is 122 Å². The van der Waals surface area contributed by atoms with E-state index in [0.29, 0.717) is 18.5 Å². The Morgan fingerprint density at radius 2 is 2.04 bits per heavy atom. The molecule has 3 rings (SSSR count). The SMILES string of the molecule is CC(C)c1cc2c(=O)n(CC(=O)NC3CC(C)(O)C3)nc(C(C)O)n2n1. The van der Waals surface area contributed by atoms with E-state index >= 15 is 0 Å². The van der Waals surface area contributed by atoms with Crippen LogP contribution in [0.2, 0.25) is 0 Å². The Balaban J connectivity index is 1.89. The molecule has 1 aliphatic rings. The van der Waals surface area contributed by atoms with E-state index in [0.717, 1.165) is 4.68 Å². The van der Waals surface area contributed by atoms with Crippen molar-refractivity contribution in [3.05, 3.63) is 27.9 Å². The Bertz CT molecular complexity index is 888. The fourth-order valence-corrected chi connectivity index (χ4v) is 3.23. The minimum atomic E-state index is -0.950. The number of hydrogen-bond acceptors (Lipinski definition) is 6. The van der Waals surface area contributed by atoms with Gasteiger partial charge in [0.15, 0.2) is 5.82 Å². The van der Waals surface area contributed by atoms with Crippen molar-refractivity contribution >= 4 is 11.4 Å². The molecule has 2 aromatic heterocycles. The normalized spacial score (nSPS) is 23.9. The van der Waals surface area contributed by atoms with Gasteiger partial charge in [0, 0.05) is 6.04 Å². The fraction of sp³-hybridized carbons (Fsp3) is 0.647. The molecular formula is C17H25N5O4. The second kappa shape index (κ2) is 6.48. The zero-order valence-corrected chi connectivity index (χ0v) is 15.4. The molecule has 0 aliphatic heterocycles. The lowest BCUT2D eigenvalue weighted by Gasteiger charge is -2.41. The lowest BCUT2D eigenvalue weighted by molar-refractivity contribution is -0.125. The molecule has 1 unspecified atom stereocenters. The number of aromatic nitrogens is 4. The van der Waals surface area contributed by atoms with Crippen LogP contribution in [0.1, 0.15) is 64.1 Å². The molecule has 142 valence electrons. The van der Waals surface area contributed by atoms with Gasteiger partial charge in [0.25, 0.3) is 5.56 Å². The van der Waals surface area contributed by atoms with Crippen molar-refractivity contribution in [2.45, 2.75) is 70.7 Å². The molecule has 1 saturated carbocycles. The van der Waals surface area contributed by atoms with Crippen molar-refractivity contribution in [3.63, 3.8) is 0 Å². The molecule has 0 spiro atoms. The molecule has 2 aromatic rings. The number of amides is 1. The molecule has 0 bridgehead atoms. The summed E-state index contributed by atoms with van der Waals surface area (Å²) < 4.78 is 2.40. The smallest absolute Gasteiger partial charge is 0.293 e. The van der Waals surface area contributed by atoms with Gasteiger partial charge in [0.05, 0.1) is 11.3 Å². The molecule has 1 aliphatic carbocycles. The third-order valence-electron chi connectivity index (χ3n) is 4.62. The van der Waals surface area contributed by atoms with Crippen LogP contribution < -0.4 is 10.9 Å². The van der Waals surface area contributed by atoms with Gasteiger partial charge in [-0.2, -0.15) is 10.2 Å². The molecule has 0 radical (unpaired) electrons. The second-order valence-electron chi connectivity index (χ2n) is 7.69. The molecule has 9 nitrogen and oxygen atoms in total. The summed E-state index contributed by atoms with van der Waals surface area (Å²) in [6, 6.07) is 1.56. The summed E-state index contributed by atoms with van der Waals surface area (Å²) in [5, 5.41) is 31.0. The number of carbonyl (C=O) groups excluding carboxylic acids is 1. The molecule has 1 amide bonds. The van der Waals surface area contributed by atoms with E-state index in [-0.39, 0.29) is 35.8 Å². The van der Waals surface area contributed by atoms with Gasteiger partial charge in [0.2, 0.25) is 5.91 Å². The van der Waals surface area contributed by atoms with Crippen LogP contribution in [0.5, 0.6) is 0 Å². The summed E-state index contributed by atoms with van der Waals surface area (Å²) in [6.07, 6.45) is 0.0211. The number of aliphatic hydroxyl groups is 2. The van der Waals surface area contributed by atoms with E-state index in [1.165, 1.54) is 11.4 Å². The number of rotatable bonds is 5. The minimum absolute atomic E-state index is 0.101. The quantitative estimate of drug-likeness (QED) is 0.692. The summed E-state index contributed by atoms with van der Waals surface area (Å²) in [6.45, 7) is 6.91. The number of nitrogens with one attached hydrogen (secondary N) is 1. The van der Waals surface area contributed by atoms with Crippen LogP contribution in [0.4, 0.5) is 0 Å². The van der Waals surface area contributed by atoms with E-state index in [2.05, 4.69) is 15.5 Å². The van der Waals surface area contributed by atoms with Crippen LogP contribution in [-0.4, -0.2) is 47.2 Å². The average Bonchev–Trinajstić information content (AvgIpc) is 2.93. The van der Waals surface area contributed by atoms with Gasteiger partial charge in [-0.05, 0) is 38.7 Å². The first-order chi connectivity index (χ1) is 12.1. The van der Waals surface area contributed by atoms with Crippen molar-refractivity contribution in [1.29, 1.82) is 0 Å². The van der Waals surface area contributed by atoms with Crippen LogP contribution >= 0.6 is 0 Å². The van der Waals surface area contributed by atoms with Crippen molar-refractivity contribution in [1.82, 2.24) is 24.7 Å². The average molecular weight is 363 g/mol. The largest absolute Gasteiger partial charge is 0.390 e. The zero-order valence-electron chi connectivity index (χ0n) is 15.4. The highest BCUT2D eigenvalue weighted by Gasteiger charge is 2.39. The van der Waals surface area contributed by atoms with Crippen LogP contribution in [0, 0.1) is 0 Å². The highest BCUT2D eigenvalue weighted by atomic mass is 16.3. The van der Waals surface area contributed by atoms with Gasteiger partial charge in [-0.15, -0.1) is 0 Å². The maximum Gasteiger partial charge on any atom is 0.293 e. The second-order valence-corrected chi connectivity index (χ2v) is 7.69. The summed E-state index contributed by atoms with van der Waals surface area (Å²) >= 11 is 0. The Kier molecular flexibility index (Phi) is 4.61. The van der Waals surface area contributed by atoms with Crippen molar-refractivity contribution in [2.75, 3.05) is 0 Å². The Morgan fingerprint density at radius 1 is 1.38 bits per heavy atom. The molecule has 26 heavy (non-hydrogen) atoms. The molecule has 2 heterocycles. The Morgan fingerprint density at radius 3 is 2.58 bits per heavy atom. The Hall–Kier alpha value is -2.26. The van der Waals surface area contributed by atoms with Crippen molar-refractivity contribution in [3.8, 4) is 0 Å². The van der Waals surface area contributed by atoms with E-state index in [1.807, 2.05) is 13.8 Å². The maximum atomic E-state index is 12.7. The third-order valence-corrected chi connectivity index (χ3v) is 4.62. The molecule has 1 atom stereocenters. The molecule has 0 aromatic carbocycles. The van der Waals surface area contributed by atoms with Crippen molar-refractivity contribution < 1.29 is 15.0 Å². The predicted octanol–water partition coefficient (Wildman–Crippen LogP) is 0.0973. The van der Waals surface area contributed by atoms with Crippen LogP contribution in [0.25, 0.3) is 5.52 Å². The van der Waals surface area contributed by atoms with E-state index in [4.69, 9.17) is 0 Å². The molecular weight excluding hydrogens is 338 g/mol. The third kappa shape index (κ3) is 3.49. The number of aliphatic hydroxyl groups excluding tert-OH is 1. The monoisotopic (exact) mass is 363 g/mol. The maximum absolute atomic E-state index is 12.7. The first-order valence-electron chi connectivity index (χ1n) is 8.78. The molecule has 9 heteroatoms. The minimum Gasteiger partial charge on any atom is -0.390 e. The highest BCUT2D eigenvalue weighted by Crippen LogP contribution is 2.31. The van der Waals surface area contributed by atoms with Gasteiger partial charge in [-0.1, -0.05) is 13.8 Å². The molecule has 0 saturated heterocycles. The lowest BCUT2D eigenvalue weighted by atomic mass is 9.77. The van der Waals surface area contributed by atoms with Gasteiger partial charge in [0.1, 0.15) is 18.2 Å². The number of fused-ring (bicyclic) bond motifs is 1. The van der Waals surface area contributed by atoms with Crippen molar-refractivity contribution in [2.24, 2.45) is 0 Å². The number of hydrogen-bond donors (Lipinski definition) is 3. The lowest BCUT2D eigenvalue weighted by Crippen LogP contribution is -2.54. The summed E-state index contributed by atoms with van der Waals surface area (Å²) in [5.74, 6) is -0.0465. The summed E-state index contributed by atoms with van der Waals surface area (Å²) in [4.78, 5) is 24.9. The van der Waals surface area contributed by atoms with E-state index in [1.54, 1.807) is 13.0 Å².